The Hall–Kier alpha value is -3.86. The summed E-state index contributed by atoms with van der Waals surface area (Å²) in [6.07, 6.45) is 3.13. The van der Waals surface area contributed by atoms with Gasteiger partial charge in [0.05, 0.1) is 0 Å². The molecule has 3 aromatic carbocycles. The molecule has 0 heterocycles. The molecule has 0 radical (unpaired) electrons. The van der Waals surface area contributed by atoms with E-state index >= 15 is 0 Å². The number of carbonyl (C=O) groups excluding carboxylic acids is 2. The van der Waals surface area contributed by atoms with E-state index in [1.54, 1.807) is 24.3 Å². The molecule has 0 aromatic heterocycles. The summed E-state index contributed by atoms with van der Waals surface area (Å²) in [5.74, 6) is 0.00688. The fourth-order valence-electron chi connectivity index (χ4n) is 3.92. The minimum atomic E-state index is -0.466. The normalized spacial score (nSPS) is 12.4. The van der Waals surface area contributed by atoms with Gasteiger partial charge in [-0.1, -0.05) is 72.8 Å². The van der Waals surface area contributed by atoms with Gasteiger partial charge in [0.25, 0.3) is 0 Å². The van der Waals surface area contributed by atoms with Crippen molar-refractivity contribution in [3.8, 4) is 11.1 Å². The van der Waals surface area contributed by atoms with Gasteiger partial charge >= 0.3 is 6.09 Å². The van der Waals surface area contributed by atoms with Gasteiger partial charge in [-0.25, -0.2) is 4.79 Å². The zero-order chi connectivity index (χ0) is 21.8. The average molecular weight is 412 g/mol. The molecular formula is C26H24N2O3. The summed E-state index contributed by atoms with van der Waals surface area (Å²) in [6, 6.07) is 21.6. The molecule has 0 fully saturated rings. The maximum atomic E-state index is 12.2. The Morgan fingerprint density at radius 1 is 1.00 bits per heavy atom. The summed E-state index contributed by atoms with van der Waals surface area (Å²) in [4.78, 5) is 23.6. The average Bonchev–Trinajstić information content (AvgIpc) is 3.10. The number of benzene rings is 3. The first-order chi connectivity index (χ1) is 15.0. The van der Waals surface area contributed by atoms with Crippen LogP contribution in [0.3, 0.4) is 0 Å². The van der Waals surface area contributed by atoms with Crippen molar-refractivity contribution in [3.63, 3.8) is 0 Å². The van der Waals surface area contributed by atoms with Crippen LogP contribution in [0.25, 0.3) is 17.2 Å². The molecule has 0 atom stereocenters. The van der Waals surface area contributed by atoms with Crippen molar-refractivity contribution in [1.82, 2.24) is 5.32 Å². The smallest absolute Gasteiger partial charge is 0.407 e. The molecule has 0 saturated carbocycles. The summed E-state index contributed by atoms with van der Waals surface area (Å²) in [6.45, 7) is 2.09. The van der Waals surface area contributed by atoms with Crippen LogP contribution in [0.5, 0.6) is 0 Å². The lowest BCUT2D eigenvalue weighted by molar-refractivity contribution is 0.101. The third-order valence-electron chi connectivity index (χ3n) is 5.50. The van der Waals surface area contributed by atoms with Crippen LogP contribution in [0, 0.1) is 0 Å². The third-order valence-corrected chi connectivity index (χ3v) is 5.50. The Morgan fingerprint density at radius 3 is 2.26 bits per heavy atom. The molecule has 0 spiro atoms. The lowest BCUT2D eigenvalue weighted by atomic mass is 9.98. The molecular weight excluding hydrogens is 388 g/mol. The number of hydrogen-bond acceptors (Lipinski definition) is 4. The predicted molar refractivity (Wildman–Crippen MR) is 123 cm³/mol. The molecule has 156 valence electrons. The number of rotatable bonds is 6. The number of nitrogens with one attached hydrogen (secondary N) is 1. The number of fused-ring (bicyclic) bond motifs is 3. The van der Waals surface area contributed by atoms with Crippen molar-refractivity contribution < 1.29 is 14.3 Å². The maximum Gasteiger partial charge on any atom is 0.407 e. The van der Waals surface area contributed by atoms with Crippen molar-refractivity contribution in [1.29, 1.82) is 0 Å². The first-order valence-electron chi connectivity index (χ1n) is 10.2. The Balaban J connectivity index is 1.32. The highest BCUT2D eigenvalue weighted by molar-refractivity contribution is 5.95. The quantitative estimate of drug-likeness (QED) is 0.440. The second-order valence-corrected chi connectivity index (χ2v) is 7.51. The zero-order valence-corrected chi connectivity index (χ0v) is 17.3. The molecule has 31 heavy (non-hydrogen) atoms. The van der Waals surface area contributed by atoms with Crippen LogP contribution in [0.15, 0.2) is 72.8 Å². The number of hydrogen-bond donors (Lipinski definition) is 2. The minimum Gasteiger partial charge on any atom is -0.449 e. The SMILES string of the molecule is CC(=O)c1ccc(C=CCNC(=O)OCC2c3ccccc3-c3ccccc32)c(N)c1. The first-order valence-corrected chi connectivity index (χ1v) is 10.2. The van der Waals surface area contributed by atoms with Crippen LogP contribution in [0.1, 0.15) is 39.9 Å². The topological polar surface area (TPSA) is 81.4 Å². The van der Waals surface area contributed by atoms with Crippen molar-refractivity contribution in [3.05, 3.63) is 95.1 Å². The number of nitrogens with two attached hydrogens (primary N) is 1. The Labute approximate surface area is 181 Å². The van der Waals surface area contributed by atoms with Crippen molar-refractivity contribution in [2.75, 3.05) is 18.9 Å². The number of carbonyl (C=O) groups is 2. The Bertz CT molecular complexity index is 1120. The summed E-state index contributed by atoms with van der Waals surface area (Å²) < 4.78 is 5.51. The molecule has 1 aliphatic rings. The molecule has 5 nitrogen and oxygen atoms in total. The highest BCUT2D eigenvalue weighted by atomic mass is 16.5. The highest BCUT2D eigenvalue weighted by Crippen LogP contribution is 2.44. The summed E-state index contributed by atoms with van der Waals surface area (Å²) >= 11 is 0. The largest absolute Gasteiger partial charge is 0.449 e. The number of alkyl carbamates (subject to hydrolysis) is 1. The first kappa shape index (κ1) is 20.4. The van der Waals surface area contributed by atoms with E-state index in [2.05, 4.69) is 29.6 Å². The van der Waals surface area contributed by atoms with E-state index in [1.807, 2.05) is 30.3 Å². The van der Waals surface area contributed by atoms with Crippen molar-refractivity contribution in [2.24, 2.45) is 0 Å². The fourth-order valence-corrected chi connectivity index (χ4v) is 3.92. The molecule has 0 unspecified atom stereocenters. The third kappa shape index (κ3) is 4.36. The van der Waals surface area contributed by atoms with Crippen LogP contribution >= 0.6 is 0 Å². The van der Waals surface area contributed by atoms with Crippen molar-refractivity contribution >= 4 is 23.6 Å². The number of anilines is 1. The molecule has 3 aromatic rings. The zero-order valence-electron chi connectivity index (χ0n) is 17.3. The number of ketones is 1. The molecule has 1 amide bonds. The number of nitrogen functional groups attached to an aromatic ring is 1. The second-order valence-electron chi connectivity index (χ2n) is 7.51. The monoisotopic (exact) mass is 412 g/mol. The molecule has 0 bridgehead atoms. The lowest BCUT2D eigenvalue weighted by Crippen LogP contribution is -2.26. The van der Waals surface area contributed by atoms with Gasteiger partial charge in [0.1, 0.15) is 6.61 Å². The van der Waals surface area contributed by atoms with Gasteiger partial charge in [0.2, 0.25) is 0 Å². The van der Waals surface area contributed by atoms with E-state index < -0.39 is 6.09 Å². The standard InChI is InChI=1S/C26H24N2O3/c1-17(29)19-13-12-18(25(27)15-19)7-6-14-28-26(30)31-16-24-22-10-4-2-8-20(22)21-9-3-5-11-23(21)24/h2-13,15,24H,14,16,27H2,1H3,(H,28,30). The second kappa shape index (κ2) is 8.88. The molecule has 1 aliphatic carbocycles. The fraction of sp³-hybridized carbons (Fsp3) is 0.154. The van der Waals surface area contributed by atoms with Gasteiger partial charge < -0.3 is 15.8 Å². The highest BCUT2D eigenvalue weighted by Gasteiger charge is 2.28. The van der Waals surface area contributed by atoms with Gasteiger partial charge in [-0.15, -0.1) is 0 Å². The van der Waals surface area contributed by atoms with E-state index in [0.717, 1.165) is 5.56 Å². The van der Waals surface area contributed by atoms with Crippen LogP contribution in [-0.2, 0) is 4.74 Å². The van der Waals surface area contributed by atoms with Gasteiger partial charge in [0.15, 0.2) is 5.78 Å². The summed E-state index contributed by atoms with van der Waals surface area (Å²) in [5, 5.41) is 2.73. The van der Waals surface area contributed by atoms with E-state index in [9.17, 15) is 9.59 Å². The lowest BCUT2D eigenvalue weighted by Gasteiger charge is -2.14. The van der Waals surface area contributed by atoms with Gasteiger partial charge in [0, 0.05) is 23.7 Å². The summed E-state index contributed by atoms with van der Waals surface area (Å²) in [5.41, 5.74) is 12.6. The van der Waals surface area contributed by atoms with Crippen LogP contribution in [0.2, 0.25) is 0 Å². The maximum absolute atomic E-state index is 12.2. The van der Waals surface area contributed by atoms with Crippen LogP contribution < -0.4 is 11.1 Å². The Morgan fingerprint density at radius 2 is 1.65 bits per heavy atom. The minimum absolute atomic E-state index is 0.0286. The Kier molecular flexibility index (Phi) is 5.85. The molecule has 0 aliphatic heterocycles. The molecule has 3 N–H and O–H groups in total. The van der Waals surface area contributed by atoms with E-state index in [0.29, 0.717) is 17.8 Å². The molecule has 0 saturated heterocycles. The van der Waals surface area contributed by atoms with Crippen LogP contribution in [0.4, 0.5) is 10.5 Å². The van der Waals surface area contributed by atoms with E-state index in [1.165, 1.54) is 29.2 Å². The van der Waals surface area contributed by atoms with Gasteiger partial charge in [-0.3, -0.25) is 4.79 Å². The molecule has 4 rings (SSSR count). The van der Waals surface area contributed by atoms with Crippen molar-refractivity contribution in [2.45, 2.75) is 12.8 Å². The number of amides is 1. The predicted octanol–water partition coefficient (Wildman–Crippen LogP) is 5.02. The van der Waals surface area contributed by atoms with E-state index in [-0.39, 0.29) is 18.3 Å². The van der Waals surface area contributed by atoms with E-state index in [4.69, 9.17) is 10.5 Å². The molecule has 5 heteroatoms. The number of ether oxygens (including phenoxy) is 1. The number of Topliss-reactive ketones (excluding diaryl/α,β-unsaturated/α-hetero) is 1. The summed E-state index contributed by atoms with van der Waals surface area (Å²) in [7, 11) is 0. The van der Waals surface area contributed by atoms with Gasteiger partial charge in [-0.2, -0.15) is 0 Å². The van der Waals surface area contributed by atoms with Crippen LogP contribution in [-0.4, -0.2) is 25.0 Å². The van der Waals surface area contributed by atoms with Gasteiger partial charge in [-0.05, 0) is 40.8 Å².